The maximum atomic E-state index is 12.7. The van der Waals surface area contributed by atoms with Gasteiger partial charge in [0.1, 0.15) is 18.7 Å². The fraction of sp³-hybridized carbons (Fsp3) is 0.292. The lowest BCUT2D eigenvalue weighted by molar-refractivity contribution is -0.146. The van der Waals surface area contributed by atoms with E-state index in [9.17, 15) is 14.4 Å². The van der Waals surface area contributed by atoms with Crippen LogP contribution in [0.3, 0.4) is 0 Å². The van der Waals surface area contributed by atoms with Crippen molar-refractivity contribution in [2.75, 3.05) is 19.7 Å². The molecule has 0 heterocycles. The lowest BCUT2D eigenvalue weighted by atomic mass is 9.98. The smallest absolute Gasteiger partial charge is 0.408 e. The van der Waals surface area contributed by atoms with Crippen LogP contribution < -0.4 is 5.32 Å². The van der Waals surface area contributed by atoms with Gasteiger partial charge in [-0.05, 0) is 36.1 Å². The number of ether oxygens (including phenoxy) is 1. The average molecular weight is 420 g/mol. The quantitative estimate of drug-likeness (QED) is 0.672. The van der Waals surface area contributed by atoms with E-state index in [1.54, 1.807) is 0 Å². The molecule has 0 spiro atoms. The number of amides is 2. The first-order chi connectivity index (χ1) is 14.7. The van der Waals surface area contributed by atoms with Crippen LogP contribution in [-0.4, -0.2) is 53.2 Å². The predicted octanol–water partition coefficient (Wildman–Crippen LogP) is 2.85. The van der Waals surface area contributed by atoms with E-state index in [2.05, 4.69) is 11.2 Å². The number of nitrogens with zero attached hydrogens (tertiary/aromatic N) is 1. The number of aliphatic carboxylic acids is 1. The molecular weight excluding hydrogens is 396 g/mol. The third kappa shape index (κ3) is 4.69. The Balaban J connectivity index is 1.68. The molecule has 0 bridgehead atoms. The van der Waals surface area contributed by atoms with Crippen LogP contribution in [-0.2, 0) is 14.3 Å². The fourth-order valence-electron chi connectivity index (χ4n) is 3.81. The standard InChI is InChI=1S/C24H24N2O5/c1-4-13-26(14-21(27)28)22(29)24(2,3)25-23(30)31-15-20-18-11-7-5-9-16(18)17-10-6-8-12-19(17)20/h1,5-12,20H,13-15H2,2-3H3,(H,25,30)(H,27,28). The van der Waals surface area contributed by atoms with Crippen molar-refractivity contribution in [3.05, 3.63) is 59.7 Å². The first-order valence-corrected chi connectivity index (χ1v) is 9.82. The molecule has 0 unspecified atom stereocenters. The molecule has 0 atom stereocenters. The molecule has 0 saturated carbocycles. The molecule has 0 aromatic heterocycles. The van der Waals surface area contributed by atoms with Crippen molar-refractivity contribution >= 4 is 18.0 Å². The Morgan fingerprint density at radius 2 is 1.65 bits per heavy atom. The monoisotopic (exact) mass is 420 g/mol. The van der Waals surface area contributed by atoms with Crippen molar-refractivity contribution < 1.29 is 24.2 Å². The van der Waals surface area contributed by atoms with E-state index in [4.69, 9.17) is 16.3 Å². The van der Waals surface area contributed by atoms with Gasteiger partial charge in [0.25, 0.3) is 0 Å². The van der Waals surface area contributed by atoms with E-state index in [1.807, 2.05) is 48.5 Å². The highest BCUT2D eigenvalue weighted by Crippen LogP contribution is 2.44. The normalized spacial score (nSPS) is 12.3. The van der Waals surface area contributed by atoms with Gasteiger partial charge < -0.3 is 20.1 Å². The van der Waals surface area contributed by atoms with E-state index in [0.29, 0.717) is 0 Å². The number of hydrogen-bond donors (Lipinski definition) is 2. The number of benzene rings is 2. The molecule has 0 radical (unpaired) electrons. The Kier molecular flexibility index (Phi) is 6.30. The second-order valence-corrected chi connectivity index (χ2v) is 7.83. The van der Waals surface area contributed by atoms with Crippen molar-refractivity contribution in [1.82, 2.24) is 10.2 Å². The number of carboxylic acids is 1. The van der Waals surface area contributed by atoms with Crippen LogP contribution in [0.25, 0.3) is 11.1 Å². The first kappa shape index (κ1) is 21.9. The number of rotatable bonds is 7. The third-order valence-electron chi connectivity index (χ3n) is 5.19. The van der Waals surface area contributed by atoms with Crippen LogP contribution in [0.15, 0.2) is 48.5 Å². The minimum atomic E-state index is -1.39. The van der Waals surface area contributed by atoms with Gasteiger partial charge in [0, 0.05) is 5.92 Å². The molecular formula is C24H24N2O5. The summed E-state index contributed by atoms with van der Waals surface area (Å²) in [6, 6.07) is 15.9. The Labute approximate surface area is 181 Å². The zero-order valence-corrected chi connectivity index (χ0v) is 17.4. The van der Waals surface area contributed by atoms with Gasteiger partial charge in [-0.1, -0.05) is 54.5 Å². The van der Waals surface area contributed by atoms with Gasteiger partial charge in [0.15, 0.2) is 0 Å². The molecule has 0 aliphatic heterocycles. The van der Waals surface area contributed by atoms with E-state index < -0.39 is 30.1 Å². The second-order valence-electron chi connectivity index (χ2n) is 7.83. The second kappa shape index (κ2) is 8.92. The Hall–Kier alpha value is -3.79. The van der Waals surface area contributed by atoms with Crippen molar-refractivity contribution in [2.45, 2.75) is 25.3 Å². The summed E-state index contributed by atoms with van der Waals surface area (Å²) in [5.74, 6) is 0.345. The molecule has 1 aliphatic carbocycles. The highest BCUT2D eigenvalue weighted by Gasteiger charge is 2.35. The van der Waals surface area contributed by atoms with Crippen LogP contribution in [0.4, 0.5) is 4.79 Å². The summed E-state index contributed by atoms with van der Waals surface area (Å²) in [5, 5.41) is 11.5. The molecule has 2 aromatic rings. The molecule has 0 saturated heterocycles. The summed E-state index contributed by atoms with van der Waals surface area (Å²) in [4.78, 5) is 37.2. The van der Waals surface area contributed by atoms with Gasteiger partial charge >= 0.3 is 12.1 Å². The van der Waals surface area contributed by atoms with Gasteiger partial charge in [0.2, 0.25) is 5.91 Å². The van der Waals surface area contributed by atoms with Gasteiger partial charge in [0.05, 0.1) is 6.54 Å². The number of alkyl carbamates (subject to hydrolysis) is 1. The minimum absolute atomic E-state index is 0.104. The lowest BCUT2D eigenvalue weighted by Gasteiger charge is -2.30. The molecule has 2 N–H and O–H groups in total. The molecule has 2 aromatic carbocycles. The number of nitrogens with one attached hydrogen (secondary N) is 1. The summed E-state index contributed by atoms with van der Waals surface area (Å²) in [5.41, 5.74) is 2.99. The SMILES string of the molecule is C#CCN(CC(=O)O)C(=O)C(C)(C)NC(=O)OCC1c2ccccc2-c2ccccc21. The third-order valence-corrected chi connectivity index (χ3v) is 5.19. The molecule has 0 fully saturated rings. The summed E-state index contributed by atoms with van der Waals surface area (Å²) < 4.78 is 5.47. The summed E-state index contributed by atoms with van der Waals surface area (Å²) >= 11 is 0. The lowest BCUT2D eigenvalue weighted by Crippen LogP contribution is -2.57. The molecule has 7 nitrogen and oxygen atoms in total. The number of terminal acetylenes is 1. The zero-order valence-electron chi connectivity index (χ0n) is 17.4. The fourth-order valence-corrected chi connectivity index (χ4v) is 3.81. The number of fused-ring (bicyclic) bond motifs is 3. The zero-order chi connectivity index (χ0) is 22.6. The van der Waals surface area contributed by atoms with Gasteiger partial charge in [-0.3, -0.25) is 9.59 Å². The highest BCUT2D eigenvalue weighted by molar-refractivity contribution is 5.91. The summed E-state index contributed by atoms with van der Waals surface area (Å²) in [6.45, 7) is 2.32. The Bertz CT molecular complexity index is 1010. The molecule has 160 valence electrons. The predicted molar refractivity (Wildman–Crippen MR) is 115 cm³/mol. The van der Waals surface area contributed by atoms with Crippen LogP contribution in [0.1, 0.15) is 30.9 Å². The van der Waals surface area contributed by atoms with Crippen LogP contribution >= 0.6 is 0 Å². The van der Waals surface area contributed by atoms with Crippen molar-refractivity contribution in [3.8, 4) is 23.5 Å². The highest BCUT2D eigenvalue weighted by atomic mass is 16.5. The average Bonchev–Trinajstić information content (AvgIpc) is 3.04. The van der Waals surface area contributed by atoms with Crippen molar-refractivity contribution in [1.29, 1.82) is 0 Å². The summed E-state index contributed by atoms with van der Waals surface area (Å²) in [6.07, 6.45) is 4.47. The van der Waals surface area contributed by atoms with Crippen molar-refractivity contribution in [2.24, 2.45) is 0 Å². The van der Waals surface area contributed by atoms with Crippen molar-refractivity contribution in [3.63, 3.8) is 0 Å². The number of hydrogen-bond acceptors (Lipinski definition) is 4. The maximum absolute atomic E-state index is 12.7. The van der Waals surface area contributed by atoms with Gasteiger partial charge in [-0.2, -0.15) is 0 Å². The summed E-state index contributed by atoms with van der Waals surface area (Å²) in [7, 11) is 0. The Morgan fingerprint density at radius 1 is 1.10 bits per heavy atom. The molecule has 1 aliphatic rings. The topological polar surface area (TPSA) is 95.9 Å². The largest absolute Gasteiger partial charge is 0.480 e. The molecule has 3 rings (SSSR count). The first-order valence-electron chi connectivity index (χ1n) is 9.82. The van der Waals surface area contributed by atoms with Crippen LogP contribution in [0.5, 0.6) is 0 Å². The van der Waals surface area contributed by atoms with E-state index in [1.165, 1.54) is 13.8 Å². The van der Waals surface area contributed by atoms with Gasteiger partial charge in [-0.15, -0.1) is 6.42 Å². The van der Waals surface area contributed by atoms with E-state index in [0.717, 1.165) is 27.2 Å². The van der Waals surface area contributed by atoms with Crippen LogP contribution in [0, 0.1) is 12.3 Å². The number of carbonyl (C=O) groups excluding carboxylic acids is 2. The maximum Gasteiger partial charge on any atom is 0.408 e. The minimum Gasteiger partial charge on any atom is -0.480 e. The number of carboxylic acid groups (broad SMARTS) is 1. The van der Waals surface area contributed by atoms with E-state index >= 15 is 0 Å². The van der Waals surface area contributed by atoms with Gasteiger partial charge in [-0.25, -0.2) is 4.79 Å². The Morgan fingerprint density at radius 3 is 2.16 bits per heavy atom. The molecule has 7 heteroatoms. The molecule has 2 amide bonds. The number of carbonyl (C=O) groups is 3. The molecule has 31 heavy (non-hydrogen) atoms. The van der Waals surface area contributed by atoms with Crippen LogP contribution in [0.2, 0.25) is 0 Å². The van der Waals surface area contributed by atoms with E-state index in [-0.39, 0.29) is 19.1 Å².